The first-order valence-electron chi connectivity index (χ1n) is 4.08. The first-order valence-corrected chi connectivity index (χ1v) is 4.08. The van der Waals surface area contributed by atoms with Crippen LogP contribution in [0.1, 0.15) is 35.6 Å². The second-order valence-corrected chi connectivity index (χ2v) is 3.71. The van der Waals surface area contributed by atoms with Gasteiger partial charge in [0.05, 0.1) is 11.2 Å². The number of nitrogens with one attached hydrogen (secondary N) is 2. The number of H-pyrrole nitrogens is 1. The molecule has 1 aliphatic heterocycles. The monoisotopic (exact) mass is 181 g/mol. The molecule has 0 amide bonds. The molecule has 2 rings (SSSR count). The van der Waals surface area contributed by atoms with E-state index in [0.717, 1.165) is 11.3 Å². The third kappa shape index (κ3) is 1.04. The van der Waals surface area contributed by atoms with Crippen molar-refractivity contribution in [3.05, 3.63) is 17.0 Å². The summed E-state index contributed by atoms with van der Waals surface area (Å²) < 4.78 is 0. The molecular formula is C8H11N3O2. The number of aromatic carboxylic acids is 1. The lowest BCUT2D eigenvalue weighted by Crippen LogP contribution is -2.29. The molecule has 1 aromatic rings. The van der Waals surface area contributed by atoms with Crippen molar-refractivity contribution in [1.29, 1.82) is 0 Å². The fraction of sp³-hybridized carbons (Fsp3) is 0.500. The van der Waals surface area contributed by atoms with Crippen LogP contribution >= 0.6 is 0 Å². The van der Waals surface area contributed by atoms with Crippen molar-refractivity contribution in [3.63, 3.8) is 0 Å². The highest BCUT2D eigenvalue weighted by Gasteiger charge is 2.35. The van der Waals surface area contributed by atoms with Crippen LogP contribution in [0.25, 0.3) is 0 Å². The van der Waals surface area contributed by atoms with Gasteiger partial charge in [-0.05, 0) is 13.8 Å². The molecule has 0 aliphatic carbocycles. The summed E-state index contributed by atoms with van der Waals surface area (Å²) in [5.74, 6) is -0.975. The maximum Gasteiger partial charge on any atom is 0.356 e. The predicted octanol–water partition coefficient (Wildman–Crippen LogP) is 0.446. The van der Waals surface area contributed by atoms with Gasteiger partial charge < -0.3 is 10.4 Å². The number of carbonyl (C=O) groups is 1. The van der Waals surface area contributed by atoms with Crippen molar-refractivity contribution in [1.82, 2.24) is 15.5 Å². The molecule has 0 bridgehead atoms. The summed E-state index contributed by atoms with van der Waals surface area (Å²) in [6.07, 6.45) is 0. The molecule has 1 aliphatic rings. The minimum Gasteiger partial charge on any atom is -0.476 e. The maximum atomic E-state index is 10.7. The minimum absolute atomic E-state index is 0.132. The van der Waals surface area contributed by atoms with Crippen LogP contribution in [-0.4, -0.2) is 21.3 Å². The van der Waals surface area contributed by atoms with Crippen molar-refractivity contribution in [2.75, 3.05) is 0 Å². The Morgan fingerprint density at radius 2 is 2.31 bits per heavy atom. The van der Waals surface area contributed by atoms with Crippen LogP contribution in [0, 0.1) is 0 Å². The molecule has 0 aromatic carbocycles. The standard InChI is InChI=1S/C8H11N3O2/c1-8(2)6-4(3-9-8)5(7(12)13)10-11-6/h9H,3H2,1-2H3,(H,10,11)(H,12,13). The van der Waals surface area contributed by atoms with Crippen molar-refractivity contribution in [3.8, 4) is 0 Å². The molecular weight excluding hydrogens is 170 g/mol. The Labute approximate surface area is 75.2 Å². The molecule has 0 unspecified atom stereocenters. The Morgan fingerprint density at radius 1 is 1.62 bits per heavy atom. The van der Waals surface area contributed by atoms with Crippen molar-refractivity contribution >= 4 is 5.97 Å². The molecule has 2 heterocycles. The second-order valence-electron chi connectivity index (χ2n) is 3.71. The Balaban J connectivity index is 2.54. The summed E-state index contributed by atoms with van der Waals surface area (Å²) in [7, 11) is 0. The lowest BCUT2D eigenvalue weighted by molar-refractivity contribution is 0.0689. The van der Waals surface area contributed by atoms with E-state index in [1.807, 2.05) is 13.8 Å². The van der Waals surface area contributed by atoms with Crippen molar-refractivity contribution in [2.45, 2.75) is 25.9 Å². The van der Waals surface area contributed by atoms with E-state index in [4.69, 9.17) is 5.11 Å². The molecule has 5 nitrogen and oxygen atoms in total. The number of hydrogen-bond acceptors (Lipinski definition) is 3. The van der Waals surface area contributed by atoms with E-state index in [0.29, 0.717) is 6.54 Å². The molecule has 3 N–H and O–H groups in total. The van der Waals surface area contributed by atoms with Gasteiger partial charge in [-0.1, -0.05) is 0 Å². The SMILES string of the molecule is CC1(C)NCc2c(C(=O)O)n[nH]c21. The van der Waals surface area contributed by atoms with Crippen molar-refractivity contribution < 1.29 is 9.90 Å². The predicted molar refractivity (Wildman–Crippen MR) is 45.4 cm³/mol. The quantitative estimate of drug-likeness (QED) is 0.587. The summed E-state index contributed by atoms with van der Waals surface area (Å²) in [5.41, 5.74) is 1.59. The average Bonchev–Trinajstić information content (AvgIpc) is 2.52. The van der Waals surface area contributed by atoms with Gasteiger partial charge in [0.15, 0.2) is 5.69 Å². The fourth-order valence-corrected chi connectivity index (χ4v) is 1.63. The smallest absolute Gasteiger partial charge is 0.356 e. The highest BCUT2D eigenvalue weighted by atomic mass is 16.4. The zero-order chi connectivity index (χ0) is 9.64. The number of hydrogen-bond donors (Lipinski definition) is 3. The number of fused-ring (bicyclic) bond motifs is 1. The number of carboxylic acids is 1. The molecule has 0 atom stereocenters. The van der Waals surface area contributed by atoms with Crippen LogP contribution in [0.4, 0.5) is 0 Å². The Bertz CT molecular complexity index is 367. The molecule has 70 valence electrons. The molecule has 0 saturated heterocycles. The van der Waals surface area contributed by atoms with Crippen molar-refractivity contribution in [2.24, 2.45) is 0 Å². The zero-order valence-corrected chi connectivity index (χ0v) is 7.51. The summed E-state index contributed by atoms with van der Waals surface area (Å²) in [4.78, 5) is 10.7. The van der Waals surface area contributed by atoms with Gasteiger partial charge in [0.2, 0.25) is 0 Å². The number of nitrogens with zero attached hydrogens (tertiary/aromatic N) is 1. The van der Waals surface area contributed by atoms with Gasteiger partial charge in [-0.3, -0.25) is 5.10 Å². The molecule has 1 aromatic heterocycles. The fourth-order valence-electron chi connectivity index (χ4n) is 1.63. The number of carboxylic acid groups (broad SMARTS) is 1. The number of aromatic amines is 1. The molecule has 5 heteroatoms. The van der Waals surface area contributed by atoms with E-state index in [9.17, 15) is 4.79 Å². The zero-order valence-electron chi connectivity index (χ0n) is 7.51. The average molecular weight is 181 g/mol. The largest absolute Gasteiger partial charge is 0.476 e. The number of aromatic nitrogens is 2. The Morgan fingerprint density at radius 3 is 2.92 bits per heavy atom. The summed E-state index contributed by atoms with van der Waals surface area (Å²) in [6.45, 7) is 4.55. The van der Waals surface area contributed by atoms with E-state index in [-0.39, 0.29) is 11.2 Å². The molecule has 0 radical (unpaired) electrons. The molecule has 0 spiro atoms. The van der Waals surface area contributed by atoms with Crippen LogP contribution in [0.3, 0.4) is 0 Å². The van der Waals surface area contributed by atoms with E-state index >= 15 is 0 Å². The first-order chi connectivity index (χ1) is 6.02. The second kappa shape index (κ2) is 2.32. The summed E-state index contributed by atoms with van der Waals surface area (Å²) >= 11 is 0. The van der Waals surface area contributed by atoms with Gasteiger partial charge in [0.1, 0.15) is 0 Å². The highest BCUT2D eigenvalue weighted by Crippen LogP contribution is 2.30. The Kier molecular flexibility index (Phi) is 1.47. The van der Waals surface area contributed by atoms with Gasteiger partial charge in [0.25, 0.3) is 0 Å². The van der Waals surface area contributed by atoms with Crippen LogP contribution in [0.15, 0.2) is 0 Å². The Hall–Kier alpha value is -1.36. The highest BCUT2D eigenvalue weighted by molar-refractivity contribution is 5.87. The van der Waals surface area contributed by atoms with E-state index in [2.05, 4.69) is 15.5 Å². The van der Waals surface area contributed by atoms with Gasteiger partial charge in [-0.25, -0.2) is 4.79 Å². The van der Waals surface area contributed by atoms with Crippen LogP contribution in [0.5, 0.6) is 0 Å². The van der Waals surface area contributed by atoms with Gasteiger partial charge >= 0.3 is 5.97 Å². The third-order valence-corrected chi connectivity index (χ3v) is 2.40. The van der Waals surface area contributed by atoms with E-state index in [1.54, 1.807) is 0 Å². The normalized spacial score (nSPS) is 18.6. The van der Waals surface area contributed by atoms with Crippen LogP contribution < -0.4 is 5.32 Å². The van der Waals surface area contributed by atoms with Gasteiger partial charge in [-0.15, -0.1) is 0 Å². The topological polar surface area (TPSA) is 78.0 Å². The minimum atomic E-state index is -0.975. The molecule has 0 saturated carbocycles. The third-order valence-electron chi connectivity index (χ3n) is 2.40. The first kappa shape index (κ1) is 8.25. The lowest BCUT2D eigenvalue weighted by Gasteiger charge is -2.17. The van der Waals surface area contributed by atoms with E-state index in [1.165, 1.54) is 0 Å². The number of rotatable bonds is 1. The van der Waals surface area contributed by atoms with E-state index < -0.39 is 5.97 Å². The maximum absolute atomic E-state index is 10.7. The summed E-state index contributed by atoms with van der Waals surface area (Å²) in [6, 6.07) is 0. The molecule has 13 heavy (non-hydrogen) atoms. The van der Waals surface area contributed by atoms with Crippen LogP contribution in [-0.2, 0) is 12.1 Å². The van der Waals surface area contributed by atoms with Gasteiger partial charge in [0, 0.05) is 12.1 Å². The lowest BCUT2D eigenvalue weighted by atomic mass is 10.0. The van der Waals surface area contributed by atoms with Crippen LogP contribution in [0.2, 0.25) is 0 Å². The molecule has 0 fully saturated rings. The summed E-state index contributed by atoms with van der Waals surface area (Å²) in [5, 5.41) is 18.5. The van der Waals surface area contributed by atoms with Gasteiger partial charge in [-0.2, -0.15) is 5.10 Å².